The number of pyridine rings is 1. The van der Waals surface area contributed by atoms with Crippen molar-refractivity contribution in [3.05, 3.63) is 22.9 Å². The lowest BCUT2D eigenvalue weighted by molar-refractivity contribution is -0.147. The molecule has 5 heteroatoms. The van der Waals surface area contributed by atoms with E-state index < -0.39 is 0 Å². The normalized spacial score (nSPS) is 26.7. The Labute approximate surface area is 156 Å². The van der Waals surface area contributed by atoms with Crippen LogP contribution in [-0.2, 0) is 4.79 Å². The highest BCUT2D eigenvalue weighted by molar-refractivity contribution is 5.85. The van der Waals surface area contributed by atoms with Gasteiger partial charge in [-0.1, -0.05) is 12.8 Å². The molecule has 3 fully saturated rings. The first-order valence-electron chi connectivity index (χ1n) is 9.98. The molecule has 0 radical (unpaired) electrons. The van der Waals surface area contributed by atoms with Crippen molar-refractivity contribution in [2.75, 3.05) is 24.5 Å². The second-order valence-electron chi connectivity index (χ2n) is 8.37. The molecule has 0 unspecified atom stereocenters. The summed E-state index contributed by atoms with van der Waals surface area (Å²) in [7, 11) is 0. The highest BCUT2D eigenvalue weighted by Gasteiger charge is 2.50. The highest BCUT2D eigenvalue weighted by atomic mass is 16.2. The molecule has 3 aliphatic rings. The predicted octanol–water partition coefficient (Wildman–Crippen LogP) is 3.33. The minimum absolute atomic E-state index is 0.270. The molecule has 0 bridgehead atoms. The molecule has 0 N–H and O–H groups in total. The zero-order chi connectivity index (χ0) is 18.3. The molecular formula is C21H28N4O. The minimum atomic E-state index is -0.270. The number of anilines is 1. The van der Waals surface area contributed by atoms with Crippen LogP contribution in [0.5, 0.6) is 0 Å². The standard InChI is InChI=1S/C21H28N4O/c1-15-12-17(13-22)19(23-16(15)2)24-11-9-21(14-24)8-5-10-25(20(21)26)18-6-3-4-7-18/h12,18H,3-11,14H2,1-2H3/t21-/m0/s1. The Hall–Kier alpha value is -2.09. The van der Waals surface area contributed by atoms with Crippen LogP contribution in [0.3, 0.4) is 0 Å². The summed E-state index contributed by atoms with van der Waals surface area (Å²) in [4.78, 5) is 22.5. The molecule has 0 aromatic carbocycles. The Balaban J connectivity index is 1.59. The molecule has 5 nitrogen and oxygen atoms in total. The van der Waals surface area contributed by atoms with Gasteiger partial charge in [0.1, 0.15) is 11.9 Å². The molecule has 138 valence electrons. The second-order valence-corrected chi connectivity index (χ2v) is 8.37. The minimum Gasteiger partial charge on any atom is -0.354 e. The molecule has 1 saturated carbocycles. The third kappa shape index (κ3) is 2.76. The smallest absolute Gasteiger partial charge is 0.230 e. The summed E-state index contributed by atoms with van der Waals surface area (Å²) in [5.41, 5.74) is 2.36. The van der Waals surface area contributed by atoms with E-state index in [9.17, 15) is 10.1 Å². The summed E-state index contributed by atoms with van der Waals surface area (Å²) in [6, 6.07) is 4.69. The average Bonchev–Trinajstić information content (AvgIpc) is 3.30. The molecule has 1 atom stereocenters. The number of rotatable bonds is 2. The molecule has 26 heavy (non-hydrogen) atoms. The van der Waals surface area contributed by atoms with Gasteiger partial charge in [-0.15, -0.1) is 0 Å². The SMILES string of the molecule is Cc1cc(C#N)c(N2CC[C@@]3(CCCN(C4CCCC4)C3=O)C2)nc1C. The molecule has 1 spiro atoms. The van der Waals surface area contributed by atoms with Crippen molar-refractivity contribution in [2.45, 2.75) is 64.8 Å². The molecule has 1 aromatic rings. The van der Waals surface area contributed by atoms with Crippen molar-refractivity contribution >= 4 is 11.7 Å². The van der Waals surface area contributed by atoms with Gasteiger partial charge < -0.3 is 9.80 Å². The number of carbonyl (C=O) groups is 1. The summed E-state index contributed by atoms with van der Waals surface area (Å²) in [5.74, 6) is 1.12. The number of carbonyl (C=O) groups excluding carboxylic acids is 1. The summed E-state index contributed by atoms with van der Waals surface area (Å²) >= 11 is 0. The average molecular weight is 352 g/mol. The van der Waals surface area contributed by atoms with Gasteiger partial charge in [-0.25, -0.2) is 4.98 Å². The van der Waals surface area contributed by atoms with E-state index in [4.69, 9.17) is 4.98 Å². The van der Waals surface area contributed by atoms with Crippen LogP contribution >= 0.6 is 0 Å². The molecule has 2 saturated heterocycles. The van der Waals surface area contributed by atoms with E-state index >= 15 is 0 Å². The van der Waals surface area contributed by atoms with Crippen molar-refractivity contribution in [3.63, 3.8) is 0 Å². The van der Waals surface area contributed by atoms with Gasteiger partial charge in [0.15, 0.2) is 0 Å². The van der Waals surface area contributed by atoms with Gasteiger partial charge >= 0.3 is 0 Å². The first-order chi connectivity index (χ1) is 12.5. The second kappa shape index (κ2) is 6.57. The first-order valence-corrected chi connectivity index (χ1v) is 9.98. The topological polar surface area (TPSA) is 60.2 Å². The van der Waals surface area contributed by atoms with E-state index in [0.717, 1.165) is 49.4 Å². The van der Waals surface area contributed by atoms with Crippen molar-refractivity contribution in [1.29, 1.82) is 5.26 Å². The summed E-state index contributed by atoms with van der Waals surface area (Å²) in [6.45, 7) is 6.42. The van der Waals surface area contributed by atoms with Crippen LogP contribution in [0, 0.1) is 30.6 Å². The Kier molecular flexibility index (Phi) is 4.38. The summed E-state index contributed by atoms with van der Waals surface area (Å²) in [5, 5.41) is 9.54. The third-order valence-electron chi connectivity index (χ3n) is 6.75. The molecule has 4 rings (SSSR count). The summed E-state index contributed by atoms with van der Waals surface area (Å²) in [6.07, 6.45) is 7.80. The van der Waals surface area contributed by atoms with Crippen molar-refractivity contribution < 1.29 is 4.79 Å². The number of hydrogen-bond acceptors (Lipinski definition) is 4. The fourth-order valence-corrected chi connectivity index (χ4v) is 5.11. The fourth-order valence-electron chi connectivity index (χ4n) is 5.11. The van der Waals surface area contributed by atoms with Crippen LogP contribution in [-0.4, -0.2) is 41.5 Å². The fraction of sp³-hybridized carbons (Fsp3) is 0.667. The zero-order valence-electron chi connectivity index (χ0n) is 15.9. The Morgan fingerprint density at radius 3 is 2.69 bits per heavy atom. The monoisotopic (exact) mass is 352 g/mol. The van der Waals surface area contributed by atoms with Crippen LogP contribution < -0.4 is 4.90 Å². The van der Waals surface area contributed by atoms with Crippen LogP contribution in [0.4, 0.5) is 5.82 Å². The van der Waals surface area contributed by atoms with Gasteiger partial charge in [-0.2, -0.15) is 5.26 Å². The quantitative estimate of drug-likeness (QED) is 0.819. The molecule has 2 aliphatic heterocycles. The Morgan fingerprint density at radius 2 is 1.96 bits per heavy atom. The van der Waals surface area contributed by atoms with E-state index in [-0.39, 0.29) is 5.41 Å². The van der Waals surface area contributed by atoms with Gasteiger partial charge in [-0.05, 0) is 57.6 Å². The van der Waals surface area contributed by atoms with Crippen LogP contribution in [0.2, 0.25) is 0 Å². The van der Waals surface area contributed by atoms with Gasteiger partial charge in [0.05, 0.1) is 11.0 Å². The number of aryl methyl sites for hydroxylation is 2. The van der Waals surface area contributed by atoms with Gasteiger partial charge in [-0.3, -0.25) is 4.79 Å². The number of aromatic nitrogens is 1. The van der Waals surface area contributed by atoms with Crippen molar-refractivity contribution in [3.8, 4) is 6.07 Å². The Morgan fingerprint density at radius 1 is 1.19 bits per heavy atom. The molecule has 1 amide bonds. The highest BCUT2D eigenvalue weighted by Crippen LogP contribution is 2.43. The largest absolute Gasteiger partial charge is 0.354 e. The molecule has 1 aromatic heterocycles. The Bertz CT molecular complexity index is 762. The zero-order valence-corrected chi connectivity index (χ0v) is 15.9. The van der Waals surface area contributed by atoms with Crippen LogP contribution in [0.15, 0.2) is 6.07 Å². The predicted molar refractivity (Wildman–Crippen MR) is 101 cm³/mol. The lowest BCUT2D eigenvalue weighted by atomic mass is 9.77. The molecular weight excluding hydrogens is 324 g/mol. The van der Waals surface area contributed by atoms with Crippen molar-refractivity contribution in [2.24, 2.45) is 5.41 Å². The van der Waals surface area contributed by atoms with Gasteiger partial charge in [0.2, 0.25) is 5.91 Å². The van der Waals surface area contributed by atoms with E-state index in [1.807, 2.05) is 19.9 Å². The number of nitrogens with zero attached hydrogens (tertiary/aromatic N) is 4. The van der Waals surface area contributed by atoms with Crippen molar-refractivity contribution in [1.82, 2.24) is 9.88 Å². The number of likely N-dealkylation sites (tertiary alicyclic amines) is 1. The van der Waals surface area contributed by atoms with E-state index in [1.165, 1.54) is 25.7 Å². The number of hydrogen-bond donors (Lipinski definition) is 0. The number of piperidine rings is 1. The van der Waals surface area contributed by atoms with E-state index in [0.29, 0.717) is 24.1 Å². The first kappa shape index (κ1) is 17.3. The number of nitriles is 1. The summed E-state index contributed by atoms with van der Waals surface area (Å²) < 4.78 is 0. The maximum atomic E-state index is 13.4. The van der Waals surface area contributed by atoms with E-state index in [1.54, 1.807) is 0 Å². The van der Waals surface area contributed by atoms with Crippen LogP contribution in [0.25, 0.3) is 0 Å². The number of amides is 1. The molecule has 1 aliphatic carbocycles. The lowest BCUT2D eigenvalue weighted by Crippen LogP contribution is -2.53. The lowest BCUT2D eigenvalue weighted by Gasteiger charge is -2.42. The maximum Gasteiger partial charge on any atom is 0.230 e. The van der Waals surface area contributed by atoms with Gasteiger partial charge in [0, 0.05) is 31.4 Å². The maximum absolute atomic E-state index is 13.4. The third-order valence-corrected chi connectivity index (χ3v) is 6.75. The van der Waals surface area contributed by atoms with Gasteiger partial charge in [0.25, 0.3) is 0 Å². The van der Waals surface area contributed by atoms with E-state index in [2.05, 4.69) is 15.9 Å². The van der Waals surface area contributed by atoms with Crippen LogP contribution in [0.1, 0.15) is 61.8 Å². The molecule has 3 heterocycles.